The number of anilines is 1. The van der Waals surface area contributed by atoms with E-state index in [1.807, 2.05) is 18.2 Å². The van der Waals surface area contributed by atoms with E-state index in [0.717, 1.165) is 42.1 Å². The minimum Gasteiger partial charge on any atom is -0.497 e. The van der Waals surface area contributed by atoms with Gasteiger partial charge in [-0.1, -0.05) is 87.4 Å². The molecule has 0 bridgehead atoms. The zero-order valence-corrected chi connectivity index (χ0v) is 20.8. The first-order valence-electron chi connectivity index (χ1n) is 13.1. The summed E-state index contributed by atoms with van der Waals surface area (Å²) in [5.74, 6) is 0.867. The molecule has 2 aromatic rings. The van der Waals surface area contributed by atoms with E-state index < -0.39 is 0 Å². The molecule has 0 radical (unpaired) electrons. The first-order valence-corrected chi connectivity index (χ1v) is 13.1. The van der Waals surface area contributed by atoms with Crippen LogP contribution in [0, 0.1) is 0 Å². The van der Waals surface area contributed by atoms with E-state index in [4.69, 9.17) is 14.7 Å². The van der Waals surface area contributed by atoms with Crippen LogP contribution < -0.4 is 9.75 Å². The molecule has 2 unspecified atom stereocenters. The summed E-state index contributed by atoms with van der Waals surface area (Å²) in [7, 11) is 1.70. The van der Waals surface area contributed by atoms with Crippen molar-refractivity contribution < 1.29 is 9.57 Å². The van der Waals surface area contributed by atoms with Gasteiger partial charge in [0.05, 0.1) is 24.6 Å². The van der Waals surface area contributed by atoms with Crippen LogP contribution >= 0.6 is 0 Å². The van der Waals surface area contributed by atoms with Crippen molar-refractivity contribution in [3.05, 3.63) is 60.2 Å². The number of hydrogen-bond acceptors (Lipinski definition) is 5. The zero-order chi connectivity index (χ0) is 23.6. The van der Waals surface area contributed by atoms with Gasteiger partial charge in [0.15, 0.2) is 0 Å². The topological polar surface area (TPSA) is 46.4 Å². The number of oxime groups is 1. The minimum absolute atomic E-state index is 0.137. The molecule has 5 heteroatoms. The van der Waals surface area contributed by atoms with Gasteiger partial charge in [0.1, 0.15) is 17.6 Å². The SMILES string of the molecule is CCCCCCCCCCC1CC(C2=NN(c3ccccc3)C(c3ccc(OC)cc3)C2)=NO1. The fraction of sp³-hybridized carbons (Fsp3) is 0.517. The summed E-state index contributed by atoms with van der Waals surface area (Å²) >= 11 is 0. The lowest BCUT2D eigenvalue weighted by atomic mass is 9.97. The lowest BCUT2D eigenvalue weighted by molar-refractivity contribution is 0.0770. The molecule has 2 aliphatic heterocycles. The molecule has 0 saturated carbocycles. The van der Waals surface area contributed by atoms with Gasteiger partial charge in [-0.15, -0.1) is 0 Å². The third kappa shape index (κ3) is 6.40. The Balaban J connectivity index is 1.32. The predicted molar refractivity (Wildman–Crippen MR) is 141 cm³/mol. The highest BCUT2D eigenvalue weighted by molar-refractivity contribution is 6.43. The van der Waals surface area contributed by atoms with Gasteiger partial charge in [-0.05, 0) is 42.7 Å². The fourth-order valence-corrected chi connectivity index (χ4v) is 4.85. The summed E-state index contributed by atoms with van der Waals surface area (Å²) in [6, 6.07) is 18.8. The fourth-order valence-electron chi connectivity index (χ4n) is 4.85. The highest BCUT2D eigenvalue weighted by Crippen LogP contribution is 2.37. The molecule has 0 fully saturated rings. The minimum atomic E-state index is 0.137. The summed E-state index contributed by atoms with van der Waals surface area (Å²) in [5.41, 5.74) is 4.37. The number of hydrazone groups is 1. The highest BCUT2D eigenvalue weighted by Gasteiger charge is 2.34. The van der Waals surface area contributed by atoms with Crippen molar-refractivity contribution >= 4 is 17.1 Å². The molecule has 4 rings (SSSR count). The Morgan fingerprint density at radius 2 is 1.56 bits per heavy atom. The number of benzene rings is 2. The summed E-state index contributed by atoms with van der Waals surface area (Å²) in [6.45, 7) is 2.27. The van der Waals surface area contributed by atoms with Gasteiger partial charge in [0.25, 0.3) is 0 Å². The van der Waals surface area contributed by atoms with E-state index >= 15 is 0 Å². The van der Waals surface area contributed by atoms with Crippen molar-refractivity contribution in [2.75, 3.05) is 12.1 Å². The average Bonchev–Trinajstić information content (AvgIpc) is 3.54. The molecule has 0 aliphatic carbocycles. The molecular formula is C29H39N3O2. The molecule has 0 amide bonds. The van der Waals surface area contributed by atoms with Gasteiger partial charge in [0, 0.05) is 12.8 Å². The van der Waals surface area contributed by atoms with Crippen LogP contribution in [0.15, 0.2) is 64.9 Å². The highest BCUT2D eigenvalue weighted by atomic mass is 16.6. The third-order valence-electron chi connectivity index (χ3n) is 6.88. The zero-order valence-electron chi connectivity index (χ0n) is 20.8. The Morgan fingerprint density at radius 3 is 2.26 bits per heavy atom. The van der Waals surface area contributed by atoms with Crippen LogP contribution in [0.4, 0.5) is 5.69 Å². The van der Waals surface area contributed by atoms with Crippen LogP contribution in [0.1, 0.15) is 89.2 Å². The van der Waals surface area contributed by atoms with Gasteiger partial charge in [0.2, 0.25) is 0 Å². The standard InChI is InChI=1S/C29H39N3O2/c1-3-4-5-6-7-8-9-13-16-26-21-28(31-34-26)27-22-29(23-17-19-25(33-2)20-18-23)32(30-27)24-14-11-10-12-15-24/h10-12,14-15,17-20,26,29H,3-9,13,16,21-22H2,1-2H3. The number of nitrogens with zero attached hydrogens (tertiary/aromatic N) is 3. The maximum Gasteiger partial charge on any atom is 0.133 e. The van der Waals surface area contributed by atoms with Crippen LogP contribution in [-0.2, 0) is 4.84 Å². The van der Waals surface area contributed by atoms with Crippen LogP contribution in [0.25, 0.3) is 0 Å². The second-order valence-corrected chi connectivity index (χ2v) is 9.45. The van der Waals surface area contributed by atoms with Gasteiger partial charge in [-0.3, -0.25) is 5.01 Å². The maximum absolute atomic E-state index is 5.82. The van der Waals surface area contributed by atoms with Crippen molar-refractivity contribution in [2.45, 2.75) is 89.7 Å². The number of hydrogen-bond donors (Lipinski definition) is 0. The molecular weight excluding hydrogens is 422 g/mol. The molecule has 0 spiro atoms. The molecule has 5 nitrogen and oxygen atoms in total. The van der Waals surface area contributed by atoms with Gasteiger partial charge in [-0.25, -0.2) is 0 Å². The summed E-state index contributed by atoms with van der Waals surface area (Å²) in [4.78, 5) is 5.82. The molecule has 2 heterocycles. The first-order chi connectivity index (χ1) is 16.8. The molecule has 0 N–H and O–H groups in total. The maximum atomic E-state index is 5.82. The molecule has 0 saturated heterocycles. The van der Waals surface area contributed by atoms with Crippen LogP contribution in [0.5, 0.6) is 5.75 Å². The number of para-hydroxylation sites is 1. The molecule has 0 aromatic heterocycles. The van der Waals surface area contributed by atoms with Gasteiger partial charge < -0.3 is 9.57 Å². The second-order valence-electron chi connectivity index (χ2n) is 9.45. The average molecular weight is 462 g/mol. The predicted octanol–water partition coefficient (Wildman–Crippen LogP) is 7.68. The molecule has 34 heavy (non-hydrogen) atoms. The lowest BCUT2D eigenvalue weighted by Gasteiger charge is -2.24. The largest absolute Gasteiger partial charge is 0.497 e. The van der Waals surface area contributed by atoms with Crippen LogP contribution in [0.2, 0.25) is 0 Å². The van der Waals surface area contributed by atoms with E-state index in [2.05, 4.69) is 53.5 Å². The molecule has 2 aliphatic rings. The Hall–Kier alpha value is -2.82. The van der Waals surface area contributed by atoms with Crippen molar-refractivity contribution in [2.24, 2.45) is 10.3 Å². The Kier molecular flexibility index (Phi) is 9.00. The second kappa shape index (κ2) is 12.6. The van der Waals surface area contributed by atoms with Crippen molar-refractivity contribution in [3.8, 4) is 5.75 Å². The summed E-state index contributed by atoms with van der Waals surface area (Å²) in [5, 5.41) is 11.6. The first kappa shape index (κ1) is 24.3. The normalized spacial score (nSPS) is 19.6. The number of unbranched alkanes of at least 4 members (excludes halogenated alkanes) is 7. The van der Waals surface area contributed by atoms with Crippen molar-refractivity contribution in [1.29, 1.82) is 0 Å². The quantitative estimate of drug-likeness (QED) is 0.287. The third-order valence-corrected chi connectivity index (χ3v) is 6.88. The van der Waals surface area contributed by atoms with Crippen molar-refractivity contribution in [1.82, 2.24) is 0 Å². The van der Waals surface area contributed by atoms with Gasteiger partial charge >= 0.3 is 0 Å². The van der Waals surface area contributed by atoms with E-state index in [1.165, 1.54) is 56.9 Å². The van der Waals surface area contributed by atoms with E-state index in [-0.39, 0.29) is 12.1 Å². The lowest BCUT2D eigenvalue weighted by Crippen LogP contribution is -2.18. The monoisotopic (exact) mass is 461 g/mol. The van der Waals surface area contributed by atoms with Crippen molar-refractivity contribution in [3.63, 3.8) is 0 Å². The van der Waals surface area contributed by atoms with E-state index in [1.54, 1.807) is 7.11 Å². The van der Waals surface area contributed by atoms with E-state index in [9.17, 15) is 0 Å². The molecule has 182 valence electrons. The number of ether oxygens (including phenoxy) is 1. The Morgan fingerprint density at radius 1 is 0.853 bits per heavy atom. The number of rotatable bonds is 13. The Bertz CT molecular complexity index is 940. The van der Waals surface area contributed by atoms with E-state index in [0.29, 0.717) is 0 Å². The summed E-state index contributed by atoms with van der Waals surface area (Å²) < 4.78 is 5.35. The van der Waals surface area contributed by atoms with Gasteiger partial charge in [-0.2, -0.15) is 5.10 Å². The number of methoxy groups -OCH3 is 1. The molecule has 2 atom stereocenters. The smallest absolute Gasteiger partial charge is 0.133 e. The summed E-state index contributed by atoms with van der Waals surface area (Å²) in [6.07, 6.45) is 13.7. The van der Waals surface area contributed by atoms with Crippen LogP contribution in [0.3, 0.4) is 0 Å². The Labute approximate surface area is 204 Å². The molecule has 2 aromatic carbocycles. The van der Waals surface area contributed by atoms with Crippen LogP contribution in [-0.4, -0.2) is 24.6 Å².